The Bertz CT molecular complexity index is 866. The summed E-state index contributed by atoms with van der Waals surface area (Å²) < 4.78 is 38.2. The van der Waals surface area contributed by atoms with Gasteiger partial charge in [0.1, 0.15) is 0 Å². The Morgan fingerprint density at radius 1 is 1.18 bits per heavy atom. The van der Waals surface area contributed by atoms with E-state index in [0.717, 1.165) is 23.3 Å². The van der Waals surface area contributed by atoms with E-state index < -0.39 is 23.6 Å². The molecule has 1 fully saturated rings. The number of rotatable bonds is 5. The van der Waals surface area contributed by atoms with Crippen molar-refractivity contribution in [2.75, 3.05) is 12.0 Å². The number of carbonyl (C=O) groups is 2. The molecule has 0 aromatic heterocycles. The van der Waals surface area contributed by atoms with E-state index in [4.69, 9.17) is 0 Å². The van der Waals surface area contributed by atoms with E-state index >= 15 is 0 Å². The van der Waals surface area contributed by atoms with Crippen molar-refractivity contribution in [3.8, 4) is 0 Å². The minimum Gasteiger partial charge on any atom is -0.338 e. The lowest BCUT2D eigenvalue weighted by Crippen LogP contribution is -2.36. The molecule has 0 bridgehead atoms. The molecule has 1 saturated heterocycles. The van der Waals surface area contributed by atoms with E-state index in [-0.39, 0.29) is 24.6 Å². The van der Waals surface area contributed by atoms with Gasteiger partial charge in [0.15, 0.2) is 0 Å². The highest BCUT2D eigenvalue weighted by atomic mass is 19.4. The molecule has 2 aromatic carbocycles. The predicted molar refractivity (Wildman–Crippen MR) is 97.9 cm³/mol. The Kier molecular flexibility index (Phi) is 5.58. The molecule has 28 heavy (non-hydrogen) atoms. The second-order valence-electron chi connectivity index (χ2n) is 6.85. The second-order valence-corrected chi connectivity index (χ2v) is 6.85. The largest absolute Gasteiger partial charge is 0.416 e. The summed E-state index contributed by atoms with van der Waals surface area (Å²) in [6.07, 6.45) is -4.39. The van der Waals surface area contributed by atoms with Gasteiger partial charge in [-0.2, -0.15) is 13.2 Å². The summed E-state index contributed by atoms with van der Waals surface area (Å²) >= 11 is 0. The SMILES string of the molecule is Cc1ccc(CN2CC(C(=O)NNc3cccc(C(F)(F)F)c3)CC2=O)cc1. The van der Waals surface area contributed by atoms with Crippen LogP contribution >= 0.6 is 0 Å². The molecule has 1 aliphatic heterocycles. The molecule has 2 aromatic rings. The molecule has 0 radical (unpaired) electrons. The van der Waals surface area contributed by atoms with Crippen LogP contribution in [0.5, 0.6) is 0 Å². The van der Waals surface area contributed by atoms with Crippen molar-refractivity contribution >= 4 is 17.5 Å². The number of anilines is 1. The van der Waals surface area contributed by atoms with Crippen LogP contribution in [-0.4, -0.2) is 23.3 Å². The second kappa shape index (κ2) is 7.92. The van der Waals surface area contributed by atoms with Crippen molar-refractivity contribution in [3.63, 3.8) is 0 Å². The lowest BCUT2D eigenvalue weighted by Gasteiger charge is -2.17. The van der Waals surface area contributed by atoms with Gasteiger partial charge in [-0.3, -0.25) is 20.4 Å². The summed E-state index contributed by atoms with van der Waals surface area (Å²) in [5.41, 5.74) is 6.28. The minimum atomic E-state index is -4.46. The first-order valence-electron chi connectivity index (χ1n) is 8.79. The Labute approximate surface area is 160 Å². The van der Waals surface area contributed by atoms with E-state index in [2.05, 4.69) is 10.9 Å². The van der Waals surface area contributed by atoms with Crippen LogP contribution in [0.25, 0.3) is 0 Å². The average Bonchev–Trinajstić information content (AvgIpc) is 3.02. The lowest BCUT2D eigenvalue weighted by molar-refractivity contribution is -0.137. The highest BCUT2D eigenvalue weighted by molar-refractivity contribution is 5.89. The highest BCUT2D eigenvalue weighted by Crippen LogP contribution is 2.30. The molecule has 1 unspecified atom stereocenters. The summed E-state index contributed by atoms with van der Waals surface area (Å²) in [7, 11) is 0. The number of likely N-dealkylation sites (tertiary alicyclic amines) is 1. The summed E-state index contributed by atoms with van der Waals surface area (Å²) in [4.78, 5) is 26.1. The molecule has 5 nitrogen and oxygen atoms in total. The van der Waals surface area contributed by atoms with Gasteiger partial charge in [0.05, 0.1) is 17.2 Å². The third kappa shape index (κ3) is 4.82. The summed E-state index contributed by atoms with van der Waals surface area (Å²) in [6.45, 7) is 2.66. The van der Waals surface area contributed by atoms with Gasteiger partial charge >= 0.3 is 6.18 Å². The Hall–Kier alpha value is -3.03. The molecular formula is C20H20F3N3O2. The standard InChI is InChI=1S/C20H20F3N3O2/c1-13-5-7-14(8-6-13)11-26-12-15(9-18(26)27)19(28)25-24-17-4-2-3-16(10-17)20(21,22)23/h2-8,10,15,24H,9,11-12H2,1H3,(H,25,28). The number of carbonyl (C=O) groups excluding carboxylic acids is 2. The van der Waals surface area contributed by atoms with E-state index in [1.54, 1.807) is 4.90 Å². The molecule has 2 amide bonds. The van der Waals surface area contributed by atoms with Gasteiger partial charge in [-0.05, 0) is 30.7 Å². The van der Waals surface area contributed by atoms with Gasteiger partial charge in [-0.15, -0.1) is 0 Å². The molecule has 0 spiro atoms. The minimum absolute atomic E-state index is 0.0714. The van der Waals surface area contributed by atoms with Crippen LogP contribution in [0, 0.1) is 12.8 Å². The fourth-order valence-electron chi connectivity index (χ4n) is 3.02. The molecule has 148 valence electrons. The van der Waals surface area contributed by atoms with Crippen molar-refractivity contribution in [2.24, 2.45) is 5.92 Å². The maximum absolute atomic E-state index is 12.7. The van der Waals surface area contributed by atoms with E-state index in [1.807, 2.05) is 31.2 Å². The summed E-state index contributed by atoms with van der Waals surface area (Å²) in [5.74, 6) is -1.12. The van der Waals surface area contributed by atoms with Crippen LogP contribution in [-0.2, 0) is 22.3 Å². The van der Waals surface area contributed by atoms with Crippen molar-refractivity contribution < 1.29 is 22.8 Å². The number of nitrogens with zero attached hydrogens (tertiary/aromatic N) is 1. The van der Waals surface area contributed by atoms with Crippen molar-refractivity contribution in [3.05, 3.63) is 65.2 Å². The number of hydrogen-bond donors (Lipinski definition) is 2. The number of benzene rings is 2. The Balaban J connectivity index is 1.55. The van der Waals surface area contributed by atoms with Crippen LogP contribution in [0.3, 0.4) is 0 Å². The number of amides is 2. The van der Waals surface area contributed by atoms with Crippen LogP contribution in [0.2, 0.25) is 0 Å². The summed E-state index contributed by atoms with van der Waals surface area (Å²) in [6, 6.07) is 12.3. The number of hydrazine groups is 1. The zero-order chi connectivity index (χ0) is 20.3. The first-order valence-corrected chi connectivity index (χ1v) is 8.79. The maximum atomic E-state index is 12.7. The van der Waals surface area contributed by atoms with Crippen molar-refractivity contribution in [1.82, 2.24) is 10.3 Å². The molecule has 1 aliphatic rings. The molecule has 1 heterocycles. The van der Waals surface area contributed by atoms with Gasteiger partial charge in [-0.25, -0.2) is 0 Å². The molecule has 2 N–H and O–H groups in total. The first kappa shape index (κ1) is 19.7. The van der Waals surface area contributed by atoms with Crippen LogP contribution < -0.4 is 10.9 Å². The van der Waals surface area contributed by atoms with Crippen LogP contribution in [0.1, 0.15) is 23.1 Å². The molecule has 0 saturated carbocycles. The number of aryl methyl sites for hydroxylation is 1. The molecular weight excluding hydrogens is 371 g/mol. The van der Waals surface area contributed by atoms with Crippen molar-refractivity contribution in [2.45, 2.75) is 26.1 Å². The highest BCUT2D eigenvalue weighted by Gasteiger charge is 2.34. The first-order chi connectivity index (χ1) is 13.2. The predicted octanol–water partition coefficient (Wildman–Crippen LogP) is 3.51. The van der Waals surface area contributed by atoms with Gasteiger partial charge in [-0.1, -0.05) is 35.9 Å². The quantitative estimate of drug-likeness (QED) is 0.767. The fraction of sp³-hybridized carbons (Fsp3) is 0.300. The van der Waals surface area contributed by atoms with E-state index in [1.165, 1.54) is 12.1 Å². The number of alkyl halides is 3. The normalized spacial score (nSPS) is 16.9. The van der Waals surface area contributed by atoms with Gasteiger partial charge < -0.3 is 4.90 Å². The van der Waals surface area contributed by atoms with E-state index in [9.17, 15) is 22.8 Å². The maximum Gasteiger partial charge on any atom is 0.416 e. The third-order valence-electron chi connectivity index (χ3n) is 4.60. The smallest absolute Gasteiger partial charge is 0.338 e. The number of halogens is 3. The monoisotopic (exact) mass is 391 g/mol. The Morgan fingerprint density at radius 2 is 1.89 bits per heavy atom. The van der Waals surface area contributed by atoms with Gasteiger partial charge in [0, 0.05) is 19.5 Å². The molecule has 8 heteroatoms. The lowest BCUT2D eigenvalue weighted by atomic mass is 10.1. The topological polar surface area (TPSA) is 61.4 Å². The van der Waals surface area contributed by atoms with Gasteiger partial charge in [0.25, 0.3) is 0 Å². The van der Waals surface area contributed by atoms with Gasteiger partial charge in [0.2, 0.25) is 11.8 Å². The average molecular weight is 391 g/mol. The zero-order valence-electron chi connectivity index (χ0n) is 15.2. The summed E-state index contributed by atoms with van der Waals surface area (Å²) in [5, 5.41) is 0. The van der Waals surface area contributed by atoms with Crippen LogP contribution in [0.15, 0.2) is 48.5 Å². The third-order valence-corrected chi connectivity index (χ3v) is 4.60. The molecule has 3 rings (SSSR count). The Morgan fingerprint density at radius 3 is 2.57 bits per heavy atom. The van der Waals surface area contributed by atoms with Crippen LogP contribution in [0.4, 0.5) is 18.9 Å². The zero-order valence-corrected chi connectivity index (χ0v) is 15.2. The van der Waals surface area contributed by atoms with Crippen molar-refractivity contribution in [1.29, 1.82) is 0 Å². The molecule has 1 atom stereocenters. The number of nitrogens with one attached hydrogen (secondary N) is 2. The molecule has 0 aliphatic carbocycles. The number of hydrogen-bond acceptors (Lipinski definition) is 3. The van der Waals surface area contributed by atoms with E-state index in [0.29, 0.717) is 6.54 Å². The fourth-order valence-corrected chi connectivity index (χ4v) is 3.02.